The number of nitrogens with two attached hydrogens (primary N) is 1. The third-order valence-electron chi connectivity index (χ3n) is 1.50. The third kappa shape index (κ3) is 0.667. The standard InChI is InChI=1S/C5H8N4/c6-5-3-7-8-9(5)4-1-2-4/h3-4H,1-2,6H2. The van der Waals surface area contributed by atoms with Crippen LogP contribution in [0.2, 0.25) is 0 Å². The molecular formula is C5H8N4. The van der Waals surface area contributed by atoms with Crippen molar-refractivity contribution >= 4 is 5.82 Å². The molecule has 0 amide bonds. The Hall–Kier alpha value is -1.06. The Morgan fingerprint density at radius 2 is 2.44 bits per heavy atom. The zero-order valence-electron chi connectivity index (χ0n) is 4.99. The van der Waals surface area contributed by atoms with E-state index in [0.29, 0.717) is 11.9 Å². The molecule has 0 aromatic carbocycles. The maximum absolute atomic E-state index is 5.52. The van der Waals surface area contributed by atoms with Crippen molar-refractivity contribution in [2.75, 3.05) is 5.73 Å². The molecule has 48 valence electrons. The fourth-order valence-corrected chi connectivity index (χ4v) is 0.854. The summed E-state index contributed by atoms with van der Waals surface area (Å²) in [6, 6.07) is 0.549. The largest absolute Gasteiger partial charge is 0.383 e. The number of hydrogen-bond donors (Lipinski definition) is 1. The molecule has 0 radical (unpaired) electrons. The van der Waals surface area contributed by atoms with E-state index in [4.69, 9.17) is 5.73 Å². The van der Waals surface area contributed by atoms with E-state index in [1.54, 1.807) is 10.9 Å². The van der Waals surface area contributed by atoms with Gasteiger partial charge in [-0.2, -0.15) is 0 Å². The van der Waals surface area contributed by atoms with Crippen LogP contribution in [0.5, 0.6) is 0 Å². The summed E-state index contributed by atoms with van der Waals surface area (Å²) in [5, 5.41) is 7.49. The van der Waals surface area contributed by atoms with Gasteiger partial charge in [-0.3, -0.25) is 0 Å². The van der Waals surface area contributed by atoms with Crippen LogP contribution in [-0.2, 0) is 0 Å². The monoisotopic (exact) mass is 124 g/mol. The second kappa shape index (κ2) is 1.46. The number of nitrogen functional groups attached to an aromatic ring is 1. The van der Waals surface area contributed by atoms with Gasteiger partial charge in [-0.05, 0) is 12.8 Å². The van der Waals surface area contributed by atoms with Crippen molar-refractivity contribution in [2.45, 2.75) is 18.9 Å². The van der Waals surface area contributed by atoms with Crippen LogP contribution >= 0.6 is 0 Å². The summed E-state index contributed by atoms with van der Waals surface area (Å²) in [6.07, 6.45) is 3.99. The lowest BCUT2D eigenvalue weighted by atomic mass is 10.6. The Morgan fingerprint density at radius 1 is 1.67 bits per heavy atom. The molecule has 1 heterocycles. The molecular weight excluding hydrogens is 116 g/mol. The second-order valence-corrected chi connectivity index (χ2v) is 2.33. The van der Waals surface area contributed by atoms with Crippen LogP contribution in [0.25, 0.3) is 0 Å². The lowest BCUT2D eigenvalue weighted by Gasteiger charge is -1.95. The van der Waals surface area contributed by atoms with E-state index in [-0.39, 0.29) is 0 Å². The highest BCUT2D eigenvalue weighted by molar-refractivity contribution is 5.23. The van der Waals surface area contributed by atoms with Crippen molar-refractivity contribution in [3.63, 3.8) is 0 Å². The SMILES string of the molecule is Nc1cnnn1C1CC1. The van der Waals surface area contributed by atoms with Gasteiger partial charge in [0.2, 0.25) is 0 Å². The van der Waals surface area contributed by atoms with Gasteiger partial charge in [-0.25, -0.2) is 4.68 Å². The minimum atomic E-state index is 0.549. The fraction of sp³-hybridized carbons (Fsp3) is 0.600. The Bertz CT molecular complexity index is 212. The van der Waals surface area contributed by atoms with Gasteiger partial charge >= 0.3 is 0 Å². The Morgan fingerprint density at radius 3 is 2.89 bits per heavy atom. The summed E-state index contributed by atoms with van der Waals surface area (Å²) < 4.78 is 1.78. The average Bonchev–Trinajstić information content (AvgIpc) is 2.58. The smallest absolute Gasteiger partial charge is 0.142 e. The molecule has 0 spiro atoms. The summed E-state index contributed by atoms with van der Waals surface area (Å²) in [5.74, 6) is 0.678. The van der Waals surface area contributed by atoms with E-state index in [9.17, 15) is 0 Å². The predicted octanol–water partition coefficient (Wildman–Crippen LogP) is 0.195. The van der Waals surface area contributed by atoms with Crippen LogP contribution < -0.4 is 5.73 Å². The van der Waals surface area contributed by atoms with Crippen LogP contribution in [0.15, 0.2) is 6.20 Å². The molecule has 0 unspecified atom stereocenters. The molecule has 2 rings (SSSR count). The minimum Gasteiger partial charge on any atom is -0.383 e. The van der Waals surface area contributed by atoms with Gasteiger partial charge in [0.1, 0.15) is 5.82 Å². The van der Waals surface area contributed by atoms with Crippen molar-refractivity contribution in [3.8, 4) is 0 Å². The summed E-state index contributed by atoms with van der Waals surface area (Å²) in [4.78, 5) is 0. The molecule has 0 saturated heterocycles. The van der Waals surface area contributed by atoms with Gasteiger partial charge in [0.05, 0.1) is 12.2 Å². The minimum absolute atomic E-state index is 0.549. The maximum atomic E-state index is 5.52. The van der Waals surface area contributed by atoms with E-state index in [2.05, 4.69) is 10.3 Å². The van der Waals surface area contributed by atoms with Gasteiger partial charge in [-0.1, -0.05) is 5.21 Å². The van der Waals surface area contributed by atoms with Crippen LogP contribution in [0.4, 0.5) is 5.82 Å². The van der Waals surface area contributed by atoms with Crippen molar-refractivity contribution in [3.05, 3.63) is 6.20 Å². The van der Waals surface area contributed by atoms with Gasteiger partial charge in [0.25, 0.3) is 0 Å². The van der Waals surface area contributed by atoms with Crippen LogP contribution in [0.3, 0.4) is 0 Å². The Labute approximate surface area is 52.7 Å². The van der Waals surface area contributed by atoms with Gasteiger partial charge in [0.15, 0.2) is 0 Å². The maximum Gasteiger partial charge on any atom is 0.142 e. The van der Waals surface area contributed by atoms with E-state index in [1.807, 2.05) is 0 Å². The lowest BCUT2D eigenvalue weighted by molar-refractivity contribution is 0.618. The summed E-state index contributed by atoms with van der Waals surface area (Å²) >= 11 is 0. The van der Waals surface area contributed by atoms with Crippen LogP contribution in [0, 0.1) is 0 Å². The van der Waals surface area contributed by atoms with Gasteiger partial charge in [-0.15, -0.1) is 5.10 Å². The van der Waals surface area contributed by atoms with E-state index >= 15 is 0 Å². The number of nitrogens with zero attached hydrogens (tertiary/aromatic N) is 3. The zero-order chi connectivity index (χ0) is 6.27. The Balaban J connectivity index is 2.35. The molecule has 1 aromatic heterocycles. The van der Waals surface area contributed by atoms with E-state index < -0.39 is 0 Å². The molecule has 4 nitrogen and oxygen atoms in total. The topological polar surface area (TPSA) is 56.7 Å². The highest BCUT2D eigenvalue weighted by atomic mass is 15.5. The molecule has 0 aliphatic heterocycles. The quantitative estimate of drug-likeness (QED) is 0.581. The molecule has 0 bridgehead atoms. The summed E-state index contributed by atoms with van der Waals surface area (Å²) in [6.45, 7) is 0. The first-order valence-electron chi connectivity index (χ1n) is 3.03. The molecule has 2 N–H and O–H groups in total. The van der Waals surface area contributed by atoms with E-state index in [1.165, 1.54) is 12.8 Å². The fourth-order valence-electron chi connectivity index (χ4n) is 0.854. The molecule has 9 heavy (non-hydrogen) atoms. The molecule has 1 aromatic rings. The first-order chi connectivity index (χ1) is 4.38. The molecule has 4 heteroatoms. The molecule has 1 saturated carbocycles. The molecule has 1 fully saturated rings. The van der Waals surface area contributed by atoms with Crippen molar-refractivity contribution in [1.29, 1.82) is 0 Å². The molecule has 1 aliphatic carbocycles. The van der Waals surface area contributed by atoms with Crippen LogP contribution in [0.1, 0.15) is 18.9 Å². The van der Waals surface area contributed by atoms with E-state index in [0.717, 1.165) is 0 Å². The first kappa shape index (κ1) is 4.78. The van der Waals surface area contributed by atoms with Crippen LogP contribution in [-0.4, -0.2) is 15.0 Å². The second-order valence-electron chi connectivity index (χ2n) is 2.33. The first-order valence-corrected chi connectivity index (χ1v) is 3.03. The highest BCUT2D eigenvalue weighted by Gasteiger charge is 2.25. The molecule has 1 aliphatic rings. The number of rotatable bonds is 1. The molecule has 0 atom stereocenters. The number of anilines is 1. The third-order valence-corrected chi connectivity index (χ3v) is 1.50. The normalized spacial score (nSPS) is 18.2. The van der Waals surface area contributed by atoms with Crippen molar-refractivity contribution < 1.29 is 0 Å². The van der Waals surface area contributed by atoms with Crippen molar-refractivity contribution in [2.24, 2.45) is 0 Å². The summed E-state index contributed by atoms with van der Waals surface area (Å²) in [7, 11) is 0. The summed E-state index contributed by atoms with van der Waals surface area (Å²) in [5.41, 5.74) is 5.52. The number of hydrogen-bond acceptors (Lipinski definition) is 3. The Kier molecular flexibility index (Phi) is 0.777. The number of aromatic nitrogens is 3. The van der Waals surface area contributed by atoms with Crippen molar-refractivity contribution in [1.82, 2.24) is 15.0 Å². The van der Waals surface area contributed by atoms with Gasteiger partial charge < -0.3 is 5.73 Å². The predicted molar refractivity (Wildman–Crippen MR) is 32.7 cm³/mol. The average molecular weight is 124 g/mol. The zero-order valence-corrected chi connectivity index (χ0v) is 4.99. The lowest BCUT2D eigenvalue weighted by Crippen LogP contribution is -2.01. The highest BCUT2D eigenvalue weighted by Crippen LogP contribution is 2.35. The van der Waals surface area contributed by atoms with Gasteiger partial charge in [0, 0.05) is 0 Å².